The average Bonchev–Trinajstić information content (AvgIpc) is 3.26. The van der Waals surface area contributed by atoms with E-state index in [9.17, 15) is 9.59 Å². The maximum atomic E-state index is 12.2. The Morgan fingerprint density at radius 2 is 2.04 bits per heavy atom. The van der Waals surface area contributed by atoms with E-state index in [0.29, 0.717) is 23.8 Å². The van der Waals surface area contributed by atoms with Crippen LogP contribution in [0.2, 0.25) is 0 Å². The molecular formula is C16H21N7O2. The van der Waals surface area contributed by atoms with Crippen LogP contribution in [0.5, 0.6) is 0 Å². The largest absolute Gasteiger partial charge is 0.329 e. The van der Waals surface area contributed by atoms with Crippen molar-refractivity contribution in [2.75, 3.05) is 6.54 Å². The summed E-state index contributed by atoms with van der Waals surface area (Å²) in [5, 5.41) is 4.27. The molecule has 0 radical (unpaired) electrons. The third-order valence-corrected chi connectivity index (χ3v) is 5.05. The van der Waals surface area contributed by atoms with Gasteiger partial charge in [-0.2, -0.15) is 5.10 Å². The number of aryl methyl sites for hydroxylation is 3. The van der Waals surface area contributed by atoms with E-state index in [0.717, 1.165) is 25.2 Å². The number of H-pyrrole nitrogens is 1. The van der Waals surface area contributed by atoms with Crippen molar-refractivity contribution in [1.29, 1.82) is 0 Å². The van der Waals surface area contributed by atoms with Gasteiger partial charge >= 0.3 is 5.69 Å². The topological polar surface area (TPSA) is 93.7 Å². The molecule has 0 bridgehead atoms. The van der Waals surface area contributed by atoms with Crippen LogP contribution >= 0.6 is 0 Å². The zero-order valence-electron chi connectivity index (χ0n) is 14.6. The highest BCUT2D eigenvalue weighted by atomic mass is 16.2. The fraction of sp³-hybridized carbons (Fsp3) is 0.500. The Morgan fingerprint density at radius 1 is 1.24 bits per heavy atom. The van der Waals surface area contributed by atoms with E-state index in [-0.39, 0.29) is 0 Å². The first kappa shape index (κ1) is 15.8. The lowest BCUT2D eigenvalue weighted by atomic mass is 10.1. The molecule has 1 saturated heterocycles. The highest BCUT2D eigenvalue weighted by Crippen LogP contribution is 2.32. The molecule has 9 heteroatoms. The van der Waals surface area contributed by atoms with E-state index in [1.807, 2.05) is 31.2 Å². The number of fused-ring (bicyclic) bond motifs is 1. The van der Waals surface area contributed by atoms with Gasteiger partial charge in [0.2, 0.25) is 0 Å². The number of nitrogens with one attached hydrogen (secondary N) is 1. The van der Waals surface area contributed by atoms with Crippen LogP contribution in [0.15, 0.2) is 22.0 Å². The Morgan fingerprint density at radius 3 is 2.76 bits per heavy atom. The lowest BCUT2D eigenvalue weighted by Gasteiger charge is -2.23. The third-order valence-electron chi connectivity index (χ3n) is 5.05. The molecule has 132 valence electrons. The van der Waals surface area contributed by atoms with Gasteiger partial charge in [0.05, 0.1) is 12.7 Å². The molecule has 0 aliphatic carbocycles. The Balaban J connectivity index is 1.72. The maximum absolute atomic E-state index is 12.2. The third kappa shape index (κ3) is 2.51. The summed E-state index contributed by atoms with van der Waals surface area (Å²) in [6.45, 7) is 1.59. The van der Waals surface area contributed by atoms with Crippen LogP contribution in [0.3, 0.4) is 0 Å². The maximum Gasteiger partial charge on any atom is 0.329 e. The standard InChI is InChI=1S/C16H21N7O2/c1-20-8-10(7-17-20)11-5-4-6-23(11)9-12-18-14-13(21(12)2)15(24)19-16(25)22(14)3/h7-8,11H,4-6,9H2,1-3H3,(H,19,24,25)/t11-/m0/s1. The lowest BCUT2D eigenvalue weighted by molar-refractivity contribution is 0.240. The van der Waals surface area contributed by atoms with Gasteiger partial charge in [-0.15, -0.1) is 0 Å². The first-order valence-corrected chi connectivity index (χ1v) is 8.33. The van der Waals surface area contributed by atoms with Crippen LogP contribution in [-0.4, -0.2) is 40.3 Å². The predicted octanol–water partition coefficient (Wildman–Crippen LogP) is 0.0309. The van der Waals surface area contributed by atoms with Crippen molar-refractivity contribution in [2.45, 2.75) is 25.4 Å². The van der Waals surface area contributed by atoms with Crippen molar-refractivity contribution in [2.24, 2.45) is 21.1 Å². The minimum Gasteiger partial charge on any atom is -0.324 e. The van der Waals surface area contributed by atoms with Gasteiger partial charge in [-0.05, 0) is 19.4 Å². The molecule has 0 saturated carbocycles. The number of imidazole rings is 1. The normalized spacial score (nSPS) is 18.4. The smallest absolute Gasteiger partial charge is 0.324 e. The molecule has 1 N–H and O–H groups in total. The quantitative estimate of drug-likeness (QED) is 0.724. The summed E-state index contributed by atoms with van der Waals surface area (Å²) in [5.41, 5.74) is 1.20. The highest BCUT2D eigenvalue weighted by Gasteiger charge is 2.28. The van der Waals surface area contributed by atoms with Gasteiger partial charge in [0.1, 0.15) is 5.82 Å². The van der Waals surface area contributed by atoms with Gasteiger partial charge in [0.15, 0.2) is 11.2 Å². The molecule has 1 atom stereocenters. The molecular weight excluding hydrogens is 322 g/mol. The van der Waals surface area contributed by atoms with Crippen molar-refractivity contribution < 1.29 is 0 Å². The second-order valence-electron chi connectivity index (χ2n) is 6.65. The molecule has 0 spiro atoms. The molecule has 1 fully saturated rings. The van der Waals surface area contributed by atoms with Gasteiger partial charge in [-0.1, -0.05) is 0 Å². The predicted molar refractivity (Wildman–Crippen MR) is 92.2 cm³/mol. The Hall–Kier alpha value is -2.68. The first-order chi connectivity index (χ1) is 12.0. The fourth-order valence-corrected chi connectivity index (χ4v) is 3.68. The summed E-state index contributed by atoms with van der Waals surface area (Å²) in [6, 6.07) is 0.301. The molecule has 3 aromatic rings. The summed E-state index contributed by atoms with van der Waals surface area (Å²) in [5.74, 6) is 0.775. The minimum atomic E-state index is -0.448. The molecule has 25 heavy (non-hydrogen) atoms. The Bertz CT molecular complexity index is 1050. The van der Waals surface area contributed by atoms with Crippen molar-refractivity contribution in [3.8, 4) is 0 Å². The highest BCUT2D eigenvalue weighted by molar-refractivity contribution is 5.70. The van der Waals surface area contributed by atoms with Crippen LogP contribution in [0.4, 0.5) is 0 Å². The van der Waals surface area contributed by atoms with Gasteiger partial charge in [0.25, 0.3) is 5.56 Å². The molecule has 1 aliphatic rings. The van der Waals surface area contributed by atoms with Crippen molar-refractivity contribution in [3.63, 3.8) is 0 Å². The number of hydrogen-bond donors (Lipinski definition) is 1. The van der Waals surface area contributed by atoms with Gasteiger partial charge in [-0.3, -0.25) is 23.9 Å². The van der Waals surface area contributed by atoms with Gasteiger partial charge in [-0.25, -0.2) is 9.78 Å². The zero-order chi connectivity index (χ0) is 17.7. The molecule has 0 aromatic carbocycles. The molecule has 0 amide bonds. The zero-order valence-corrected chi connectivity index (χ0v) is 14.6. The molecule has 9 nitrogen and oxygen atoms in total. The number of nitrogens with zero attached hydrogens (tertiary/aromatic N) is 6. The van der Waals surface area contributed by atoms with E-state index in [4.69, 9.17) is 0 Å². The van der Waals surface area contributed by atoms with E-state index in [1.54, 1.807) is 11.6 Å². The minimum absolute atomic E-state index is 0.301. The second kappa shape index (κ2) is 5.69. The number of aromatic amines is 1. The Labute approximate surface area is 143 Å². The van der Waals surface area contributed by atoms with Crippen molar-refractivity contribution in [3.05, 3.63) is 44.6 Å². The summed E-state index contributed by atoms with van der Waals surface area (Å²) in [6.07, 6.45) is 6.15. The Kier molecular flexibility index (Phi) is 3.60. The molecule has 3 aromatic heterocycles. The fourth-order valence-electron chi connectivity index (χ4n) is 3.68. The molecule has 4 rings (SSSR count). The van der Waals surface area contributed by atoms with Crippen LogP contribution in [0, 0.1) is 0 Å². The molecule has 0 unspecified atom stereocenters. The van der Waals surface area contributed by atoms with Crippen molar-refractivity contribution >= 4 is 11.2 Å². The average molecular weight is 343 g/mol. The van der Waals surface area contributed by atoms with E-state index >= 15 is 0 Å². The van der Waals surface area contributed by atoms with Crippen LogP contribution in [0.25, 0.3) is 11.2 Å². The summed E-state index contributed by atoms with van der Waals surface area (Å²) >= 11 is 0. The van der Waals surface area contributed by atoms with Crippen LogP contribution in [0.1, 0.15) is 30.3 Å². The summed E-state index contributed by atoms with van der Waals surface area (Å²) in [7, 11) is 5.35. The summed E-state index contributed by atoms with van der Waals surface area (Å²) < 4.78 is 4.98. The van der Waals surface area contributed by atoms with Crippen molar-refractivity contribution in [1.82, 2.24) is 33.8 Å². The van der Waals surface area contributed by atoms with E-state index < -0.39 is 11.2 Å². The summed E-state index contributed by atoms with van der Waals surface area (Å²) in [4.78, 5) is 33.2. The van der Waals surface area contributed by atoms with Crippen LogP contribution < -0.4 is 11.2 Å². The monoisotopic (exact) mass is 343 g/mol. The number of likely N-dealkylation sites (tertiary alicyclic amines) is 1. The van der Waals surface area contributed by atoms with Crippen LogP contribution in [-0.2, 0) is 27.7 Å². The second-order valence-corrected chi connectivity index (χ2v) is 6.65. The number of aromatic nitrogens is 6. The lowest BCUT2D eigenvalue weighted by Crippen LogP contribution is -2.29. The van der Waals surface area contributed by atoms with E-state index in [2.05, 4.69) is 20.0 Å². The SMILES string of the molecule is Cn1cc([C@@H]2CCCN2Cc2nc3c(c(=O)[nH]c(=O)n3C)n2C)cn1. The van der Waals surface area contributed by atoms with Gasteiger partial charge < -0.3 is 4.57 Å². The van der Waals surface area contributed by atoms with Gasteiger partial charge in [0, 0.05) is 38.9 Å². The molecule has 1 aliphatic heterocycles. The first-order valence-electron chi connectivity index (χ1n) is 8.33. The molecule has 4 heterocycles. The number of hydrogen-bond acceptors (Lipinski definition) is 5. The number of rotatable bonds is 3. The van der Waals surface area contributed by atoms with E-state index in [1.165, 1.54) is 10.1 Å².